The molecule has 3 heterocycles. The molecule has 4 nitrogen and oxygen atoms in total. The number of carbonyl (C=O) groups excluding carboxylic acids is 1. The van der Waals surface area contributed by atoms with Crippen molar-refractivity contribution in [2.45, 2.75) is 0 Å². The van der Waals surface area contributed by atoms with E-state index in [2.05, 4.69) is 21.3 Å². The van der Waals surface area contributed by atoms with Crippen LogP contribution in [-0.2, 0) is 0 Å². The summed E-state index contributed by atoms with van der Waals surface area (Å²) in [7, 11) is 0. The fraction of sp³-hybridized carbons (Fsp3) is 0.125. The van der Waals surface area contributed by atoms with E-state index in [0.717, 1.165) is 40.9 Å². The number of fused-ring (bicyclic) bond motifs is 3. The number of para-hydroxylation sites is 1. The van der Waals surface area contributed by atoms with Gasteiger partial charge in [-0.3, -0.25) is 9.79 Å². The summed E-state index contributed by atoms with van der Waals surface area (Å²) in [5, 5.41) is 5.27. The minimum Gasteiger partial charge on any atom is -0.341 e. The molecule has 21 heavy (non-hydrogen) atoms. The van der Waals surface area contributed by atoms with Crippen molar-refractivity contribution >= 4 is 28.6 Å². The molecule has 5 heteroatoms. The molecule has 1 aromatic carbocycles. The molecule has 2 aromatic rings. The number of nitrogens with zero attached hydrogens (tertiary/aromatic N) is 2. The van der Waals surface area contributed by atoms with E-state index in [1.54, 1.807) is 6.08 Å². The van der Waals surface area contributed by atoms with Crippen LogP contribution in [0.25, 0.3) is 0 Å². The van der Waals surface area contributed by atoms with Gasteiger partial charge in [0.1, 0.15) is 11.7 Å². The maximum Gasteiger partial charge on any atom is 0.199 e. The second-order valence-corrected chi connectivity index (χ2v) is 5.85. The lowest BCUT2D eigenvalue weighted by Crippen LogP contribution is -2.36. The van der Waals surface area contributed by atoms with Crippen LogP contribution in [0, 0.1) is 0 Å². The van der Waals surface area contributed by atoms with E-state index >= 15 is 0 Å². The van der Waals surface area contributed by atoms with Gasteiger partial charge in [0.05, 0.1) is 17.1 Å². The molecule has 0 unspecified atom stereocenters. The van der Waals surface area contributed by atoms with E-state index in [4.69, 9.17) is 0 Å². The van der Waals surface area contributed by atoms with Crippen LogP contribution in [0.5, 0.6) is 0 Å². The first-order valence-corrected chi connectivity index (χ1v) is 7.69. The number of allylic oxidation sites excluding steroid dienone is 1. The van der Waals surface area contributed by atoms with Gasteiger partial charge in [0, 0.05) is 18.2 Å². The Balaban J connectivity index is 1.75. The number of benzene rings is 1. The van der Waals surface area contributed by atoms with Crippen molar-refractivity contribution in [1.29, 1.82) is 0 Å². The summed E-state index contributed by atoms with van der Waals surface area (Å²) in [6, 6.07) is 11.8. The first-order valence-electron chi connectivity index (χ1n) is 6.81. The third kappa shape index (κ3) is 2.06. The van der Waals surface area contributed by atoms with Gasteiger partial charge in [0.25, 0.3) is 0 Å². The lowest BCUT2D eigenvalue weighted by molar-refractivity contribution is 0.104. The van der Waals surface area contributed by atoms with E-state index in [9.17, 15) is 4.79 Å². The zero-order valence-electron chi connectivity index (χ0n) is 11.2. The van der Waals surface area contributed by atoms with E-state index in [-0.39, 0.29) is 5.78 Å². The molecule has 0 spiro atoms. The van der Waals surface area contributed by atoms with Gasteiger partial charge in [-0.25, -0.2) is 0 Å². The smallest absolute Gasteiger partial charge is 0.199 e. The fourth-order valence-corrected chi connectivity index (χ4v) is 3.27. The van der Waals surface area contributed by atoms with Crippen LogP contribution in [0.4, 0.5) is 5.69 Å². The molecule has 0 fully saturated rings. The van der Waals surface area contributed by atoms with Crippen LogP contribution in [0.1, 0.15) is 15.2 Å². The van der Waals surface area contributed by atoms with E-state index < -0.39 is 0 Å². The molecule has 0 radical (unpaired) electrons. The second kappa shape index (κ2) is 4.86. The highest BCUT2D eigenvalue weighted by molar-refractivity contribution is 7.12. The Kier molecular flexibility index (Phi) is 2.86. The predicted octanol–water partition coefficient (Wildman–Crippen LogP) is 2.96. The Morgan fingerprint density at radius 2 is 2.19 bits per heavy atom. The number of carbonyl (C=O) groups is 1. The van der Waals surface area contributed by atoms with Crippen LogP contribution >= 0.6 is 11.3 Å². The Bertz CT molecular complexity index is 762. The molecule has 0 saturated heterocycles. The van der Waals surface area contributed by atoms with Crippen molar-refractivity contribution in [3.63, 3.8) is 0 Å². The molecule has 0 atom stereocenters. The van der Waals surface area contributed by atoms with Crippen LogP contribution in [-0.4, -0.2) is 29.6 Å². The molecule has 0 saturated carbocycles. The van der Waals surface area contributed by atoms with Crippen molar-refractivity contribution < 1.29 is 4.79 Å². The highest BCUT2D eigenvalue weighted by Crippen LogP contribution is 2.29. The number of hydrogen-bond donors (Lipinski definition) is 1. The number of ketones is 1. The number of nitrogens with one attached hydrogen (secondary N) is 1. The largest absolute Gasteiger partial charge is 0.341 e. The summed E-state index contributed by atoms with van der Waals surface area (Å²) >= 11 is 1.46. The van der Waals surface area contributed by atoms with Crippen molar-refractivity contribution in [1.82, 2.24) is 4.90 Å². The number of hydrogen-bond acceptors (Lipinski definition) is 5. The summed E-state index contributed by atoms with van der Waals surface area (Å²) in [5.41, 5.74) is 2.09. The number of aliphatic imine (C=N–C) groups is 1. The summed E-state index contributed by atoms with van der Waals surface area (Å²) < 4.78 is 0. The number of amidine groups is 1. The van der Waals surface area contributed by atoms with Gasteiger partial charge in [-0.2, -0.15) is 0 Å². The summed E-state index contributed by atoms with van der Waals surface area (Å²) in [5.74, 6) is 1.79. The summed E-state index contributed by atoms with van der Waals surface area (Å²) in [4.78, 5) is 19.7. The number of anilines is 1. The third-order valence-electron chi connectivity index (χ3n) is 3.59. The maximum atomic E-state index is 12.3. The molecule has 1 aromatic heterocycles. The number of thiophene rings is 1. The zero-order valence-corrected chi connectivity index (χ0v) is 12.1. The molecule has 104 valence electrons. The van der Waals surface area contributed by atoms with Crippen molar-refractivity contribution in [2.24, 2.45) is 4.99 Å². The first-order chi connectivity index (χ1) is 10.3. The van der Waals surface area contributed by atoms with Crippen LogP contribution < -0.4 is 5.32 Å². The Hall–Kier alpha value is -2.40. The third-order valence-corrected chi connectivity index (χ3v) is 4.48. The molecule has 1 N–H and O–H groups in total. The standard InChI is InChI=1S/C16H13N3OS/c20-13(14-6-3-9-21-14)10-15-18-12-5-2-1-4-11(12)16-17-7-8-19(15)16/h1-6,9-10,18H,7-8H2/b15-10+. The normalized spacial score (nSPS) is 18.0. The van der Waals surface area contributed by atoms with Crippen LogP contribution in [0.15, 0.2) is 58.7 Å². The molecule has 4 rings (SSSR count). The predicted molar refractivity (Wildman–Crippen MR) is 84.9 cm³/mol. The lowest BCUT2D eigenvalue weighted by Gasteiger charge is -2.31. The molecule has 0 amide bonds. The topological polar surface area (TPSA) is 44.7 Å². The van der Waals surface area contributed by atoms with Gasteiger partial charge in [0.2, 0.25) is 0 Å². The minimum atomic E-state index is 0.0260. The molecule has 2 aliphatic heterocycles. The van der Waals surface area contributed by atoms with Crippen LogP contribution in [0.2, 0.25) is 0 Å². The molecule has 2 aliphatic rings. The minimum absolute atomic E-state index is 0.0260. The lowest BCUT2D eigenvalue weighted by atomic mass is 10.1. The zero-order chi connectivity index (χ0) is 14.2. The highest BCUT2D eigenvalue weighted by Gasteiger charge is 2.29. The Labute approximate surface area is 126 Å². The van der Waals surface area contributed by atoms with E-state index in [1.807, 2.05) is 35.7 Å². The maximum absolute atomic E-state index is 12.3. The van der Waals surface area contributed by atoms with Crippen molar-refractivity contribution in [3.8, 4) is 0 Å². The number of rotatable bonds is 2. The second-order valence-electron chi connectivity index (χ2n) is 4.90. The quantitative estimate of drug-likeness (QED) is 0.684. The van der Waals surface area contributed by atoms with Gasteiger partial charge in [-0.1, -0.05) is 18.2 Å². The van der Waals surface area contributed by atoms with Gasteiger partial charge in [0.15, 0.2) is 5.78 Å². The fourth-order valence-electron chi connectivity index (χ4n) is 2.63. The van der Waals surface area contributed by atoms with E-state index in [0.29, 0.717) is 0 Å². The summed E-state index contributed by atoms with van der Waals surface area (Å²) in [6.07, 6.45) is 1.67. The molecule has 0 bridgehead atoms. The monoisotopic (exact) mass is 295 g/mol. The summed E-state index contributed by atoms with van der Waals surface area (Å²) in [6.45, 7) is 1.57. The molecule has 0 aliphatic carbocycles. The molecular formula is C16H13N3OS. The van der Waals surface area contributed by atoms with Gasteiger partial charge in [-0.05, 0) is 23.6 Å². The highest BCUT2D eigenvalue weighted by atomic mass is 32.1. The van der Waals surface area contributed by atoms with Gasteiger partial charge < -0.3 is 10.2 Å². The van der Waals surface area contributed by atoms with Gasteiger partial charge in [-0.15, -0.1) is 11.3 Å². The Morgan fingerprint density at radius 3 is 3.05 bits per heavy atom. The van der Waals surface area contributed by atoms with Gasteiger partial charge >= 0.3 is 0 Å². The van der Waals surface area contributed by atoms with Crippen molar-refractivity contribution in [2.75, 3.05) is 18.4 Å². The average Bonchev–Trinajstić information content (AvgIpc) is 3.19. The average molecular weight is 295 g/mol. The first kappa shape index (κ1) is 12.3. The SMILES string of the molecule is O=C(/C=C1\Nc2ccccc2C2=NCCN21)c1cccs1. The van der Waals surface area contributed by atoms with Crippen molar-refractivity contribution in [3.05, 3.63) is 64.1 Å². The van der Waals surface area contributed by atoms with Crippen LogP contribution in [0.3, 0.4) is 0 Å². The van der Waals surface area contributed by atoms with E-state index in [1.165, 1.54) is 11.3 Å². The Morgan fingerprint density at radius 1 is 1.29 bits per heavy atom. The molecular weight excluding hydrogens is 282 g/mol.